The molecule has 0 saturated carbocycles. The number of aliphatic hydroxyl groups excluding tert-OH is 1. The zero-order valence-corrected chi connectivity index (χ0v) is 14.4. The van der Waals surface area contributed by atoms with Gasteiger partial charge in [-0.05, 0) is 30.2 Å². The van der Waals surface area contributed by atoms with E-state index in [1.54, 1.807) is 24.3 Å². The van der Waals surface area contributed by atoms with Crippen molar-refractivity contribution in [3.8, 4) is 11.5 Å². The molecule has 3 rings (SSSR count). The Kier molecular flexibility index (Phi) is 5.16. The Labute approximate surface area is 150 Å². The predicted molar refractivity (Wildman–Crippen MR) is 96.2 cm³/mol. The van der Waals surface area contributed by atoms with E-state index in [0.717, 1.165) is 16.7 Å². The van der Waals surface area contributed by atoms with Crippen LogP contribution in [0.4, 0.5) is 0 Å². The summed E-state index contributed by atoms with van der Waals surface area (Å²) in [4.78, 5) is 12.4. The predicted octanol–water partition coefficient (Wildman–Crippen LogP) is 3.54. The first-order valence-electron chi connectivity index (χ1n) is 7.75. The Bertz CT molecular complexity index is 936. The number of aromatic nitrogens is 2. The summed E-state index contributed by atoms with van der Waals surface area (Å²) < 4.78 is 6.93. The van der Waals surface area contributed by atoms with Crippen LogP contribution in [0.15, 0.2) is 59.5 Å². The minimum Gasteiger partial charge on any atom is -0.454 e. The van der Waals surface area contributed by atoms with Crippen LogP contribution in [0.5, 0.6) is 11.5 Å². The molecule has 0 spiro atoms. The van der Waals surface area contributed by atoms with Crippen molar-refractivity contribution in [1.29, 1.82) is 0 Å². The van der Waals surface area contributed by atoms with Crippen molar-refractivity contribution in [2.75, 3.05) is 0 Å². The lowest BCUT2D eigenvalue weighted by Crippen LogP contribution is -2.24. The van der Waals surface area contributed by atoms with E-state index in [1.165, 1.54) is 10.9 Å². The van der Waals surface area contributed by atoms with Gasteiger partial charge in [0.25, 0.3) is 5.56 Å². The summed E-state index contributed by atoms with van der Waals surface area (Å²) in [6.45, 7) is 2.29. The van der Waals surface area contributed by atoms with Gasteiger partial charge in [0.05, 0.1) is 19.3 Å². The number of benzene rings is 2. The second kappa shape index (κ2) is 7.51. The summed E-state index contributed by atoms with van der Waals surface area (Å²) in [6, 6.07) is 14.7. The monoisotopic (exact) mass is 356 g/mol. The van der Waals surface area contributed by atoms with Crippen LogP contribution >= 0.6 is 11.6 Å². The van der Waals surface area contributed by atoms with Gasteiger partial charge in [0.1, 0.15) is 5.75 Å². The van der Waals surface area contributed by atoms with Gasteiger partial charge in [0.2, 0.25) is 0 Å². The number of ether oxygens (including phenoxy) is 1. The van der Waals surface area contributed by atoms with Gasteiger partial charge >= 0.3 is 0 Å². The van der Waals surface area contributed by atoms with E-state index in [2.05, 4.69) is 5.10 Å². The Hall–Kier alpha value is -2.63. The van der Waals surface area contributed by atoms with E-state index >= 15 is 0 Å². The van der Waals surface area contributed by atoms with Gasteiger partial charge < -0.3 is 9.84 Å². The fourth-order valence-electron chi connectivity index (χ4n) is 2.41. The van der Waals surface area contributed by atoms with Crippen LogP contribution in [0.2, 0.25) is 5.02 Å². The lowest BCUT2D eigenvalue weighted by molar-refractivity contribution is 0.281. The summed E-state index contributed by atoms with van der Waals surface area (Å²) in [7, 11) is 0. The first-order chi connectivity index (χ1) is 12.1. The molecule has 0 bridgehead atoms. The molecule has 0 aliphatic heterocycles. The largest absolute Gasteiger partial charge is 0.454 e. The Morgan fingerprint density at radius 3 is 2.60 bits per heavy atom. The summed E-state index contributed by atoms with van der Waals surface area (Å²) in [5.74, 6) is 0.709. The molecule has 0 fully saturated rings. The summed E-state index contributed by atoms with van der Waals surface area (Å²) >= 11 is 6.17. The Balaban J connectivity index is 1.83. The molecule has 3 aromatic rings. The van der Waals surface area contributed by atoms with Gasteiger partial charge in [0, 0.05) is 0 Å². The molecule has 0 saturated heterocycles. The number of aliphatic hydroxyl groups is 1. The van der Waals surface area contributed by atoms with Crippen LogP contribution in [0.25, 0.3) is 0 Å². The molecule has 0 aliphatic rings. The third kappa shape index (κ3) is 4.07. The molecule has 6 heteroatoms. The summed E-state index contributed by atoms with van der Waals surface area (Å²) in [5.41, 5.74) is 2.44. The molecule has 2 aromatic carbocycles. The van der Waals surface area contributed by atoms with Gasteiger partial charge in [-0.3, -0.25) is 4.79 Å². The summed E-state index contributed by atoms with van der Waals surface area (Å²) in [5, 5.41) is 13.2. The van der Waals surface area contributed by atoms with E-state index in [1.807, 2.05) is 31.2 Å². The standard InChI is InChI=1S/C19H17ClN2O3/c1-13-3-2-4-15(9-13)11-22-19(24)18(20)17(10-21-22)25-16-7-5-14(12-23)6-8-16/h2-10,23H,11-12H2,1H3. The lowest BCUT2D eigenvalue weighted by atomic mass is 10.1. The maximum atomic E-state index is 12.4. The zero-order valence-electron chi connectivity index (χ0n) is 13.6. The minimum atomic E-state index is -0.410. The molecule has 1 N–H and O–H groups in total. The quantitative estimate of drug-likeness (QED) is 0.759. The average molecular weight is 357 g/mol. The molecule has 128 valence electrons. The zero-order chi connectivity index (χ0) is 17.8. The van der Waals surface area contributed by atoms with E-state index < -0.39 is 5.56 Å². The number of aryl methyl sites for hydroxylation is 1. The first-order valence-corrected chi connectivity index (χ1v) is 8.13. The van der Waals surface area contributed by atoms with E-state index in [0.29, 0.717) is 12.3 Å². The van der Waals surface area contributed by atoms with Crippen LogP contribution in [-0.4, -0.2) is 14.9 Å². The van der Waals surface area contributed by atoms with Crippen molar-refractivity contribution < 1.29 is 9.84 Å². The molecular formula is C19H17ClN2O3. The van der Waals surface area contributed by atoms with Crippen molar-refractivity contribution in [2.24, 2.45) is 0 Å². The van der Waals surface area contributed by atoms with Crippen molar-refractivity contribution in [2.45, 2.75) is 20.1 Å². The van der Waals surface area contributed by atoms with Gasteiger partial charge in [-0.15, -0.1) is 0 Å². The highest BCUT2D eigenvalue weighted by molar-refractivity contribution is 6.31. The highest BCUT2D eigenvalue weighted by Crippen LogP contribution is 2.26. The first kappa shape index (κ1) is 17.2. The number of hydrogen-bond acceptors (Lipinski definition) is 4. The smallest absolute Gasteiger partial charge is 0.289 e. The van der Waals surface area contributed by atoms with Crippen molar-refractivity contribution in [3.05, 3.63) is 86.8 Å². The van der Waals surface area contributed by atoms with E-state index in [9.17, 15) is 4.79 Å². The van der Waals surface area contributed by atoms with Gasteiger partial charge in [-0.1, -0.05) is 53.6 Å². The molecule has 0 radical (unpaired) electrons. The lowest BCUT2D eigenvalue weighted by Gasteiger charge is -2.10. The highest BCUT2D eigenvalue weighted by Gasteiger charge is 2.12. The Morgan fingerprint density at radius 2 is 1.92 bits per heavy atom. The topological polar surface area (TPSA) is 64.3 Å². The van der Waals surface area contributed by atoms with Crippen LogP contribution in [0.1, 0.15) is 16.7 Å². The van der Waals surface area contributed by atoms with Crippen molar-refractivity contribution in [3.63, 3.8) is 0 Å². The third-order valence-electron chi connectivity index (χ3n) is 3.70. The van der Waals surface area contributed by atoms with Gasteiger partial charge in [-0.25, -0.2) is 4.68 Å². The summed E-state index contributed by atoms with van der Waals surface area (Å²) in [6.07, 6.45) is 1.43. The minimum absolute atomic E-state index is 0.0195. The van der Waals surface area contributed by atoms with E-state index in [-0.39, 0.29) is 17.4 Å². The van der Waals surface area contributed by atoms with Gasteiger partial charge in [-0.2, -0.15) is 5.10 Å². The molecule has 0 aliphatic carbocycles. The number of rotatable bonds is 5. The van der Waals surface area contributed by atoms with Crippen molar-refractivity contribution >= 4 is 11.6 Å². The van der Waals surface area contributed by atoms with Crippen LogP contribution < -0.4 is 10.3 Å². The second-order valence-corrected chi connectivity index (χ2v) is 6.06. The van der Waals surface area contributed by atoms with Crippen LogP contribution in [0, 0.1) is 6.92 Å². The molecule has 25 heavy (non-hydrogen) atoms. The highest BCUT2D eigenvalue weighted by atomic mass is 35.5. The molecule has 0 atom stereocenters. The molecular weight excluding hydrogens is 340 g/mol. The van der Waals surface area contributed by atoms with Crippen LogP contribution in [0.3, 0.4) is 0 Å². The molecule has 0 unspecified atom stereocenters. The van der Waals surface area contributed by atoms with Gasteiger partial charge in [0.15, 0.2) is 10.8 Å². The fraction of sp³-hybridized carbons (Fsp3) is 0.158. The normalized spacial score (nSPS) is 10.7. The van der Waals surface area contributed by atoms with Crippen LogP contribution in [-0.2, 0) is 13.2 Å². The molecule has 1 aromatic heterocycles. The molecule has 5 nitrogen and oxygen atoms in total. The molecule has 1 heterocycles. The van der Waals surface area contributed by atoms with E-state index in [4.69, 9.17) is 21.4 Å². The number of nitrogens with zero attached hydrogens (tertiary/aromatic N) is 2. The Morgan fingerprint density at radius 1 is 1.16 bits per heavy atom. The third-order valence-corrected chi connectivity index (χ3v) is 4.05. The fourth-order valence-corrected chi connectivity index (χ4v) is 2.59. The maximum Gasteiger partial charge on any atom is 0.289 e. The SMILES string of the molecule is Cc1cccc(Cn2ncc(Oc3ccc(CO)cc3)c(Cl)c2=O)c1. The number of halogens is 1. The average Bonchev–Trinajstić information content (AvgIpc) is 2.62. The molecule has 0 amide bonds. The van der Waals surface area contributed by atoms with Crippen molar-refractivity contribution in [1.82, 2.24) is 9.78 Å². The number of hydrogen-bond donors (Lipinski definition) is 1. The second-order valence-electron chi connectivity index (χ2n) is 5.68. The maximum absolute atomic E-state index is 12.4.